The zero-order valence-electron chi connectivity index (χ0n) is 23.8. The fourth-order valence-electron chi connectivity index (χ4n) is 8.04. The van der Waals surface area contributed by atoms with Gasteiger partial charge in [0, 0.05) is 48.6 Å². The third kappa shape index (κ3) is 3.48. The second-order valence-electron chi connectivity index (χ2n) is 11.8. The molecular formula is C38H38N2+2. The summed E-state index contributed by atoms with van der Waals surface area (Å²) in [6.45, 7) is 7.31. The third-order valence-corrected chi connectivity index (χ3v) is 10.3. The molecule has 0 saturated heterocycles. The van der Waals surface area contributed by atoms with E-state index in [2.05, 4.69) is 151 Å². The first-order chi connectivity index (χ1) is 19.6. The van der Waals surface area contributed by atoms with Gasteiger partial charge in [-0.3, -0.25) is 0 Å². The highest BCUT2D eigenvalue weighted by molar-refractivity contribution is 5.68. The average Bonchev–Trinajstić information content (AvgIpc) is 3.34. The Morgan fingerprint density at radius 3 is 2.17 bits per heavy atom. The van der Waals surface area contributed by atoms with Gasteiger partial charge in [-0.2, -0.15) is 9.13 Å². The van der Waals surface area contributed by atoms with Crippen LogP contribution >= 0.6 is 0 Å². The van der Waals surface area contributed by atoms with E-state index in [1.54, 1.807) is 0 Å². The smallest absolute Gasteiger partial charge is 0.192 e. The SMILES string of the molecule is CCC1(C)c2ccccc2-c2cccc[n+]2C1(CC)CCC1c2ccccc2-c2ccc(-c3ccccc3)c[n+]21. The topological polar surface area (TPSA) is 7.76 Å². The van der Waals surface area contributed by atoms with E-state index in [4.69, 9.17) is 0 Å². The van der Waals surface area contributed by atoms with Crippen LogP contribution in [0.3, 0.4) is 0 Å². The number of hydrogen-bond acceptors (Lipinski definition) is 0. The van der Waals surface area contributed by atoms with Crippen LogP contribution in [0.4, 0.5) is 0 Å². The Bertz CT molecular complexity index is 1700. The standard InChI is InChI=1S/C38H38N2/c1-4-37(3)33-20-12-11-19-32(33)36-21-13-14-26-40(36)38(37,5-2)25-24-35-31-18-10-9-17-30(31)34-23-22-29(27-39(34)35)28-15-7-6-8-16-28/h6-23,26-27,35H,4-5,24-25H2,1-3H3/q+2. The first-order valence-corrected chi connectivity index (χ1v) is 14.9. The second kappa shape index (κ2) is 9.55. The fourth-order valence-corrected chi connectivity index (χ4v) is 8.04. The molecule has 0 spiro atoms. The molecule has 0 saturated carbocycles. The molecule has 3 aromatic carbocycles. The summed E-state index contributed by atoms with van der Waals surface area (Å²) in [5, 5.41) is 0. The van der Waals surface area contributed by atoms with E-state index in [9.17, 15) is 0 Å². The zero-order valence-corrected chi connectivity index (χ0v) is 23.8. The Morgan fingerprint density at radius 1 is 0.650 bits per heavy atom. The molecule has 0 bridgehead atoms. The fraction of sp³-hybridized carbons (Fsp3) is 0.263. The molecule has 0 amide bonds. The summed E-state index contributed by atoms with van der Waals surface area (Å²) in [7, 11) is 0. The number of benzene rings is 3. The number of hydrogen-bond donors (Lipinski definition) is 0. The normalized spacial score (nSPS) is 22.2. The van der Waals surface area contributed by atoms with Crippen molar-refractivity contribution in [2.75, 3.05) is 0 Å². The lowest BCUT2D eigenvalue weighted by Crippen LogP contribution is -2.69. The van der Waals surface area contributed by atoms with E-state index in [0.29, 0.717) is 6.04 Å². The van der Waals surface area contributed by atoms with Crippen LogP contribution in [0.2, 0.25) is 0 Å². The maximum Gasteiger partial charge on any atom is 0.213 e. The van der Waals surface area contributed by atoms with Gasteiger partial charge in [-0.1, -0.05) is 80.6 Å². The summed E-state index contributed by atoms with van der Waals surface area (Å²) in [5.41, 5.74) is 10.9. The minimum absolute atomic E-state index is 0.0227. The van der Waals surface area contributed by atoms with Crippen LogP contribution in [0.5, 0.6) is 0 Å². The van der Waals surface area contributed by atoms with Crippen LogP contribution in [0, 0.1) is 0 Å². The van der Waals surface area contributed by atoms with Crippen molar-refractivity contribution in [3.05, 3.63) is 133 Å². The largest absolute Gasteiger partial charge is 0.213 e. The van der Waals surface area contributed by atoms with Gasteiger partial charge in [0.05, 0.1) is 16.5 Å². The van der Waals surface area contributed by atoms with Crippen molar-refractivity contribution in [3.8, 4) is 33.6 Å². The van der Waals surface area contributed by atoms with Crippen molar-refractivity contribution in [2.45, 2.75) is 63.5 Å². The number of pyridine rings is 2. The molecule has 3 atom stereocenters. The van der Waals surface area contributed by atoms with Gasteiger partial charge in [-0.05, 0) is 48.7 Å². The Morgan fingerprint density at radius 2 is 1.38 bits per heavy atom. The molecule has 2 heteroatoms. The molecule has 0 fully saturated rings. The van der Waals surface area contributed by atoms with Crippen molar-refractivity contribution in [3.63, 3.8) is 0 Å². The Kier molecular flexibility index (Phi) is 5.96. The van der Waals surface area contributed by atoms with E-state index in [1.807, 2.05) is 0 Å². The summed E-state index contributed by atoms with van der Waals surface area (Å²) in [4.78, 5) is 0. The van der Waals surface area contributed by atoms with Crippen LogP contribution in [0.25, 0.3) is 33.6 Å². The van der Waals surface area contributed by atoms with Crippen LogP contribution in [-0.2, 0) is 11.0 Å². The molecule has 5 aromatic rings. The van der Waals surface area contributed by atoms with Crippen LogP contribution in [0.1, 0.15) is 63.6 Å². The molecular weight excluding hydrogens is 484 g/mol. The zero-order chi connectivity index (χ0) is 27.3. The number of aromatic nitrogens is 2. The van der Waals surface area contributed by atoms with Crippen LogP contribution in [0.15, 0.2) is 122 Å². The molecule has 3 unspecified atom stereocenters. The highest BCUT2D eigenvalue weighted by Gasteiger charge is 2.59. The lowest BCUT2D eigenvalue weighted by molar-refractivity contribution is -0.772. The lowest BCUT2D eigenvalue weighted by Gasteiger charge is -2.48. The molecule has 7 rings (SSSR count). The predicted molar refractivity (Wildman–Crippen MR) is 163 cm³/mol. The van der Waals surface area contributed by atoms with Crippen LogP contribution in [-0.4, -0.2) is 0 Å². The van der Waals surface area contributed by atoms with E-state index < -0.39 is 0 Å². The van der Waals surface area contributed by atoms with Crippen molar-refractivity contribution < 1.29 is 9.13 Å². The predicted octanol–water partition coefficient (Wildman–Crippen LogP) is 8.43. The van der Waals surface area contributed by atoms with Crippen molar-refractivity contribution in [2.24, 2.45) is 0 Å². The van der Waals surface area contributed by atoms with Gasteiger partial charge >= 0.3 is 0 Å². The molecule has 2 aromatic heterocycles. The molecule has 0 aliphatic carbocycles. The second-order valence-corrected chi connectivity index (χ2v) is 11.8. The molecule has 4 heterocycles. The van der Waals surface area contributed by atoms with E-state index in [-0.39, 0.29) is 11.0 Å². The number of nitrogens with zero attached hydrogens (tertiary/aromatic N) is 2. The first kappa shape index (κ1) is 25.0. The maximum atomic E-state index is 2.64. The number of fused-ring (bicyclic) bond motifs is 6. The average molecular weight is 523 g/mol. The van der Waals surface area contributed by atoms with Gasteiger partial charge in [0.1, 0.15) is 0 Å². The van der Waals surface area contributed by atoms with Gasteiger partial charge < -0.3 is 0 Å². The summed E-state index contributed by atoms with van der Waals surface area (Å²) >= 11 is 0. The van der Waals surface area contributed by atoms with Crippen molar-refractivity contribution in [1.82, 2.24) is 0 Å². The van der Waals surface area contributed by atoms with Gasteiger partial charge in [0.15, 0.2) is 24.0 Å². The highest BCUT2D eigenvalue weighted by Crippen LogP contribution is 2.52. The Balaban J connectivity index is 1.35. The Hall–Kier alpha value is -4.04. The molecule has 2 nitrogen and oxygen atoms in total. The van der Waals surface area contributed by atoms with E-state index in [0.717, 1.165) is 25.7 Å². The summed E-state index contributed by atoms with van der Waals surface area (Å²) in [6.07, 6.45) is 9.11. The lowest BCUT2D eigenvalue weighted by atomic mass is 9.58. The Labute approximate surface area is 238 Å². The molecule has 2 aliphatic heterocycles. The summed E-state index contributed by atoms with van der Waals surface area (Å²) in [6, 6.07) is 40.6. The third-order valence-electron chi connectivity index (χ3n) is 10.3. The van der Waals surface area contributed by atoms with Crippen molar-refractivity contribution in [1.29, 1.82) is 0 Å². The van der Waals surface area contributed by atoms with Crippen molar-refractivity contribution >= 4 is 0 Å². The summed E-state index contributed by atoms with van der Waals surface area (Å²) < 4.78 is 5.21. The van der Waals surface area contributed by atoms with Gasteiger partial charge in [0.25, 0.3) is 0 Å². The van der Waals surface area contributed by atoms with Gasteiger partial charge in [0.2, 0.25) is 11.4 Å². The number of rotatable bonds is 6. The maximum absolute atomic E-state index is 2.64. The minimum atomic E-state index is -0.0258. The van der Waals surface area contributed by atoms with E-state index in [1.165, 1.54) is 44.8 Å². The molecule has 2 aliphatic rings. The van der Waals surface area contributed by atoms with Gasteiger partial charge in [-0.25, -0.2) is 0 Å². The molecule has 0 radical (unpaired) electrons. The monoisotopic (exact) mass is 522 g/mol. The van der Waals surface area contributed by atoms with Gasteiger partial charge in [-0.15, -0.1) is 0 Å². The van der Waals surface area contributed by atoms with Crippen LogP contribution < -0.4 is 9.13 Å². The molecule has 40 heavy (non-hydrogen) atoms. The highest BCUT2D eigenvalue weighted by atomic mass is 15.1. The minimum Gasteiger partial charge on any atom is -0.192 e. The quantitative estimate of drug-likeness (QED) is 0.198. The molecule has 198 valence electrons. The summed E-state index contributed by atoms with van der Waals surface area (Å²) in [5.74, 6) is 0. The first-order valence-electron chi connectivity index (χ1n) is 14.9. The molecule has 0 N–H and O–H groups in total. The van der Waals surface area contributed by atoms with E-state index >= 15 is 0 Å².